The van der Waals surface area contributed by atoms with Crippen molar-refractivity contribution in [1.29, 1.82) is 0 Å². The second-order valence-electron chi connectivity index (χ2n) is 6.49. The molecule has 1 aromatic heterocycles. The lowest BCUT2D eigenvalue weighted by atomic mass is 10.0. The van der Waals surface area contributed by atoms with Crippen LogP contribution >= 0.6 is 11.6 Å². The Kier molecular flexibility index (Phi) is 5.90. The number of ketones is 1. The maximum Gasteiger partial charge on any atom is 0.256 e. The molecular formula is C21H18ClFN2O3. The van der Waals surface area contributed by atoms with Gasteiger partial charge in [0.1, 0.15) is 22.9 Å². The summed E-state index contributed by atoms with van der Waals surface area (Å²) in [6.45, 7) is 1.69. The molecule has 3 aromatic rings. The van der Waals surface area contributed by atoms with Gasteiger partial charge in [0.05, 0.1) is 5.52 Å². The van der Waals surface area contributed by atoms with E-state index in [1.807, 2.05) is 0 Å². The largest absolute Gasteiger partial charge is 0.506 e. The van der Waals surface area contributed by atoms with Crippen LogP contribution in [0.2, 0.25) is 5.02 Å². The van der Waals surface area contributed by atoms with Gasteiger partial charge >= 0.3 is 0 Å². The normalized spacial score (nSPS) is 10.8. The van der Waals surface area contributed by atoms with Crippen molar-refractivity contribution in [2.24, 2.45) is 0 Å². The van der Waals surface area contributed by atoms with Crippen molar-refractivity contribution in [1.82, 2.24) is 10.3 Å². The number of nitrogens with zero attached hydrogens (tertiary/aromatic N) is 1. The van der Waals surface area contributed by atoms with Crippen LogP contribution in [-0.2, 0) is 17.8 Å². The number of pyridine rings is 1. The number of hydrogen-bond acceptors (Lipinski definition) is 4. The molecule has 0 unspecified atom stereocenters. The molecule has 144 valence electrons. The van der Waals surface area contributed by atoms with Crippen molar-refractivity contribution in [2.45, 2.75) is 26.3 Å². The van der Waals surface area contributed by atoms with E-state index in [-0.39, 0.29) is 35.4 Å². The van der Waals surface area contributed by atoms with Gasteiger partial charge in [-0.15, -0.1) is 0 Å². The van der Waals surface area contributed by atoms with E-state index in [9.17, 15) is 19.1 Å². The SMILES string of the molecule is CC(=O)CCc1cc(F)cc2c(O)c(C(=O)NCc3ccc(Cl)cc3)cnc12. The quantitative estimate of drug-likeness (QED) is 0.650. The van der Waals surface area contributed by atoms with Crippen LogP contribution in [0.1, 0.15) is 34.8 Å². The van der Waals surface area contributed by atoms with Gasteiger partial charge in [0.25, 0.3) is 5.91 Å². The molecule has 3 rings (SSSR count). The van der Waals surface area contributed by atoms with Gasteiger partial charge in [-0.1, -0.05) is 23.7 Å². The van der Waals surface area contributed by atoms with Crippen molar-refractivity contribution in [2.75, 3.05) is 0 Å². The highest BCUT2D eigenvalue weighted by atomic mass is 35.5. The van der Waals surface area contributed by atoms with Gasteiger partial charge in [-0.25, -0.2) is 4.39 Å². The topological polar surface area (TPSA) is 79.3 Å². The summed E-state index contributed by atoms with van der Waals surface area (Å²) in [7, 11) is 0. The van der Waals surface area contributed by atoms with Crippen molar-refractivity contribution in [3.63, 3.8) is 0 Å². The van der Waals surface area contributed by atoms with Crippen LogP contribution in [0, 0.1) is 5.82 Å². The molecule has 0 radical (unpaired) electrons. The fraction of sp³-hybridized carbons (Fsp3) is 0.190. The molecule has 7 heteroatoms. The summed E-state index contributed by atoms with van der Waals surface area (Å²) < 4.78 is 14.0. The highest BCUT2D eigenvalue weighted by Crippen LogP contribution is 2.30. The van der Waals surface area contributed by atoms with E-state index in [1.165, 1.54) is 19.2 Å². The maximum absolute atomic E-state index is 14.0. The summed E-state index contributed by atoms with van der Waals surface area (Å²) >= 11 is 5.83. The summed E-state index contributed by atoms with van der Waals surface area (Å²) in [5.74, 6) is -1.47. The van der Waals surface area contributed by atoms with E-state index in [2.05, 4.69) is 10.3 Å². The number of hydrogen-bond donors (Lipinski definition) is 2. The highest BCUT2D eigenvalue weighted by molar-refractivity contribution is 6.30. The monoisotopic (exact) mass is 400 g/mol. The van der Waals surface area contributed by atoms with E-state index in [0.717, 1.165) is 11.6 Å². The molecule has 0 aliphatic carbocycles. The maximum atomic E-state index is 14.0. The van der Waals surface area contributed by atoms with Crippen LogP contribution in [-0.4, -0.2) is 21.8 Å². The minimum atomic E-state index is -0.568. The number of nitrogens with one attached hydrogen (secondary N) is 1. The molecule has 1 heterocycles. The summed E-state index contributed by atoms with van der Waals surface area (Å²) in [4.78, 5) is 27.9. The Morgan fingerprint density at radius 3 is 2.61 bits per heavy atom. The third-order valence-electron chi connectivity index (χ3n) is 4.34. The number of aromatic hydroxyl groups is 1. The zero-order valence-electron chi connectivity index (χ0n) is 15.1. The van der Waals surface area contributed by atoms with Crippen LogP contribution in [0.4, 0.5) is 4.39 Å². The lowest BCUT2D eigenvalue weighted by Gasteiger charge is -2.11. The second-order valence-corrected chi connectivity index (χ2v) is 6.93. The lowest BCUT2D eigenvalue weighted by Crippen LogP contribution is -2.23. The Bertz CT molecular complexity index is 1050. The molecule has 28 heavy (non-hydrogen) atoms. The number of aromatic nitrogens is 1. The first kappa shape index (κ1) is 19.8. The van der Waals surface area contributed by atoms with Gasteiger partial charge in [0.2, 0.25) is 0 Å². The van der Waals surface area contributed by atoms with Gasteiger partial charge in [0, 0.05) is 29.6 Å². The first-order valence-electron chi connectivity index (χ1n) is 8.67. The van der Waals surface area contributed by atoms with Crippen LogP contribution in [0.25, 0.3) is 10.9 Å². The number of carbonyl (C=O) groups is 2. The van der Waals surface area contributed by atoms with E-state index >= 15 is 0 Å². The number of halogens is 2. The van der Waals surface area contributed by atoms with Crippen LogP contribution in [0.5, 0.6) is 5.75 Å². The Balaban J connectivity index is 1.87. The minimum Gasteiger partial charge on any atom is -0.506 e. The summed E-state index contributed by atoms with van der Waals surface area (Å²) in [5, 5.41) is 13.9. The average molecular weight is 401 g/mol. The molecule has 0 atom stereocenters. The molecule has 0 bridgehead atoms. The van der Waals surface area contributed by atoms with Gasteiger partial charge < -0.3 is 15.2 Å². The molecule has 5 nitrogen and oxygen atoms in total. The zero-order chi connectivity index (χ0) is 20.3. The van der Waals surface area contributed by atoms with E-state index in [1.54, 1.807) is 24.3 Å². The van der Waals surface area contributed by atoms with Crippen LogP contribution < -0.4 is 5.32 Å². The minimum absolute atomic E-state index is 0.0279. The van der Waals surface area contributed by atoms with Gasteiger partial charge in [0.15, 0.2) is 0 Å². The third kappa shape index (κ3) is 4.46. The summed E-state index contributed by atoms with van der Waals surface area (Å²) in [6.07, 6.45) is 1.80. The molecule has 0 spiro atoms. The number of Topliss-reactive ketones (excluding diaryl/α,β-unsaturated/α-hetero) is 1. The van der Waals surface area contributed by atoms with Crippen LogP contribution in [0.3, 0.4) is 0 Å². The first-order valence-corrected chi connectivity index (χ1v) is 9.05. The summed E-state index contributed by atoms with van der Waals surface area (Å²) in [6, 6.07) is 9.39. The van der Waals surface area contributed by atoms with Crippen LogP contribution in [0.15, 0.2) is 42.6 Å². The third-order valence-corrected chi connectivity index (χ3v) is 4.60. The van der Waals surface area contributed by atoms with E-state index in [4.69, 9.17) is 11.6 Å². The molecule has 0 aliphatic rings. The van der Waals surface area contributed by atoms with Crippen molar-refractivity contribution in [3.05, 3.63) is 70.1 Å². The molecule has 1 amide bonds. The first-order chi connectivity index (χ1) is 13.3. The standard InChI is InChI=1S/C21H18ClFN2O3/c1-12(26)2-5-14-8-16(23)9-17-19(14)24-11-18(20(17)27)21(28)25-10-13-3-6-15(22)7-4-13/h3-4,6-9,11H,2,5,10H2,1H3,(H,24,27)(H,25,28). The molecule has 0 saturated heterocycles. The Morgan fingerprint density at radius 2 is 1.93 bits per heavy atom. The Morgan fingerprint density at radius 1 is 1.21 bits per heavy atom. The number of carbonyl (C=O) groups excluding carboxylic acids is 2. The lowest BCUT2D eigenvalue weighted by molar-refractivity contribution is -0.116. The van der Waals surface area contributed by atoms with Gasteiger partial charge in [-0.05, 0) is 48.7 Å². The molecule has 0 fully saturated rings. The van der Waals surface area contributed by atoms with Crippen molar-refractivity contribution in [3.8, 4) is 5.75 Å². The number of amides is 1. The fourth-order valence-corrected chi connectivity index (χ4v) is 3.00. The predicted octanol–water partition coefficient (Wildman–Crippen LogP) is 4.18. The number of aryl methyl sites for hydroxylation is 1. The molecule has 2 N–H and O–H groups in total. The van der Waals surface area contributed by atoms with Crippen molar-refractivity contribution >= 4 is 34.2 Å². The number of rotatable bonds is 6. The number of fused-ring (bicyclic) bond motifs is 1. The summed E-state index contributed by atoms with van der Waals surface area (Å²) in [5.41, 5.74) is 1.66. The van der Waals surface area contributed by atoms with E-state index in [0.29, 0.717) is 22.5 Å². The smallest absolute Gasteiger partial charge is 0.256 e. The van der Waals surface area contributed by atoms with Gasteiger partial charge in [-0.2, -0.15) is 0 Å². The molecule has 0 saturated carbocycles. The fourth-order valence-electron chi connectivity index (χ4n) is 2.87. The predicted molar refractivity (Wildman–Crippen MR) is 105 cm³/mol. The molecular weight excluding hydrogens is 383 g/mol. The van der Waals surface area contributed by atoms with E-state index < -0.39 is 11.7 Å². The Labute approximate surface area is 166 Å². The second kappa shape index (κ2) is 8.35. The Hall–Kier alpha value is -2.99. The zero-order valence-corrected chi connectivity index (χ0v) is 15.9. The molecule has 2 aromatic carbocycles. The average Bonchev–Trinajstić information content (AvgIpc) is 2.66. The van der Waals surface area contributed by atoms with Gasteiger partial charge in [-0.3, -0.25) is 9.78 Å². The number of benzene rings is 2. The molecule has 0 aliphatic heterocycles. The van der Waals surface area contributed by atoms with Crippen molar-refractivity contribution < 1.29 is 19.1 Å². The highest BCUT2D eigenvalue weighted by Gasteiger charge is 2.17.